The van der Waals surface area contributed by atoms with Gasteiger partial charge in [-0.3, -0.25) is 10.5 Å². The Morgan fingerprint density at radius 3 is 2.44 bits per heavy atom. The highest BCUT2D eigenvalue weighted by molar-refractivity contribution is 6.07. The molecule has 1 aliphatic rings. The normalized spacial score (nSPS) is 13.2. The number of aromatic nitrogens is 1. The molecule has 1 aliphatic carbocycles. The number of rotatable bonds is 5. The molecule has 4 N–H and O–H groups in total. The van der Waals surface area contributed by atoms with E-state index in [9.17, 15) is 15.3 Å². The minimum absolute atomic E-state index is 0.108. The van der Waals surface area contributed by atoms with E-state index >= 15 is 0 Å². The first-order valence-corrected chi connectivity index (χ1v) is 10.6. The quantitative estimate of drug-likeness (QED) is 0.607. The van der Waals surface area contributed by atoms with Crippen molar-refractivity contribution in [2.75, 3.05) is 17.7 Å². The summed E-state index contributed by atoms with van der Waals surface area (Å²) >= 11 is 0. The van der Waals surface area contributed by atoms with Crippen LogP contribution < -0.4 is 20.8 Å². The lowest BCUT2D eigenvalue weighted by atomic mass is 9.95. The van der Waals surface area contributed by atoms with Crippen molar-refractivity contribution in [1.82, 2.24) is 0 Å². The summed E-state index contributed by atoms with van der Waals surface area (Å²) in [7, 11) is 0. The van der Waals surface area contributed by atoms with Crippen LogP contribution in [0.15, 0.2) is 60.2 Å². The zero-order chi connectivity index (χ0) is 24.2. The number of nitriles is 2. The van der Waals surface area contributed by atoms with E-state index in [1.807, 2.05) is 62.4 Å². The molecule has 0 saturated heterocycles. The summed E-state index contributed by atoms with van der Waals surface area (Å²) < 4.78 is 5.60. The first-order chi connectivity index (χ1) is 16.4. The van der Waals surface area contributed by atoms with E-state index in [1.165, 1.54) is 0 Å². The van der Waals surface area contributed by atoms with Gasteiger partial charge in [-0.15, -0.1) is 0 Å². The Bertz CT molecular complexity index is 1420. The van der Waals surface area contributed by atoms with Gasteiger partial charge in [-0.1, -0.05) is 30.3 Å². The average Bonchev–Trinajstić information content (AvgIpc) is 3.09. The number of ether oxygens (including phenoxy) is 1. The second-order valence-corrected chi connectivity index (χ2v) is 7.84. The number of fused-ring (bicyclic) bond motifs is 1. The van der Waals surface area contributed by atoms with Crippen LogP contribution in [0.4, 0.5) is 11.5 Å². The molecule has 0 saturated carbocycles. The Labute approximate surface area is 197 Å². The highest BCUT2D eigenvalue weighted by atomic mass is 16.5. The van der Waals surface area contributed by atoms with Crippen LogP contribution in [0.3, 0.4) is 0 Å². The number of aromatic amines is 1. The van der Waals surface area contributed by atoms with Crippen molar-refractivity contribution in [3.8, 4) is 17.9 Å². The fourth-order valence-corrected chi connectivity index (χ4v) is 3.97. The van der Waals surface area contributed by atoms with E-state index in [0.717, 1.165) is 27.8 Å². The molecule has 7 heteroatoms. The van der Waals surface area contributed by atoms with E-state index < -0.39 is 0 Å². The lowest BCUT2D eigenvalue weighted by molar-refractivity contribution is -0.364. The van der Waals surface area contributed by atoms with Gasteiger partial charge in [-0.25, -0.2) is 4.98 Å². The first kappa shape index (κ1) is 22.3. The van der Waals surface area contributed by atoms with Crippen molar-refractivity contribution in [3.05, 3.63) is 88.1 Å². The molecule has 3 aromatic rings. The number of nitrogens with zero attached hydrogens (tertiary/aromatic N) is 2. The first-order valence-electron chi connectivity index (χ1n) is 10.6. The number of nitrogen functional groups attached to an aromatic ring is 1. The number of carbonyl (C=O) groups is 1. The zero-order valence-electron chi connectivity index (χ0n) is 18.8. The summed E-state index contributed by atoms with van der Waals surface area (Å²) in [5, 5.41) is 22.0. The minimum atomic E-state index is -0.246. The molecule has 1 heterocycles. The van der Waals surface area contributed by atoms with Crippen molar-refractivity contribution in [2.45, 2.75) is 13.8 Å². The van der Waals surface area contributed by atoms with Crippen LogP contribution in [0.1, 0.15) is 34.9 Å². The maximum Gasteiger partial charge on any atom is 0.289 e. The Balaban J connectivity index is 1.55. The maximum absolute atomic E-state index is 12.1. The van der Waals surface area contributed by atoms with Gasteiger partial charge in [0.2, 0.25) is 0 Å². The Kier molecular flexibility index (Phi) is 6.11. The molecule has 1 amide bonds. The highest BCUT2D eigenvalue weighted by Gasteiger charge is 2.32. The number of hydrogen-bond acceptors (Lipinski definition) is 5. The summed E-state index contributed by atoms with van der Waals surface area (Å²) in [6.45, 7) is 3.60. The number of H-pyrrole nitrogens is 1. The molecular formula is C27H22N5O2+. The molecule has 0 aliphatic heterocycles. The highest BCUT2D eigenvalue weighted by Crippen LogP contribution is 2.42. The lowest BCUT2D eigenvalue weighted by Gasteiger charge is -2.09. The number of nitrogens with one attached hydrogen (secondary N) is 2. The van der Waals surface area contributed by atoms with Crippen molar-refractivity contribution >= 4 is 34.6 Å². The fraction of sp³-hybridized carbons (Fsp3) is 0.111. The fourth-order valence-electron chi connectivity index (χ4n) is 3.97. The predicted octanol–water partition coefficient (Wildman–Crippen LogP) is 4.13. The number of hydrogen-bond donors (Lipinski definition) is 2. The number of nitrogens with two attached hydrogens (primary N) is 1. The molecule has 2 aromatic carbocycles. The molecule has 4 rings (SSSR count). The van der Waals surface area contributed by atoms with Crippen LogP contribution in [0.5, 0.6) is 5.75 Å². The van der Waals surface area contributed by atoms with Gasteiger partial charge in [-0.05, 0) is 66.5 Å². The Morgan fingerprint density at radius 2 is 1.79 bits per heavy atom. The maximum atomic E-state index is 12.1. The molecule has 0 atom stereocenters. The third-order valence-corrected chi connectivity index (χ3v) is 5.67. The number of carbonyl (C=O) groups excluding carboxylic acids is 1. The van der Waals surface area contributed by atoms with Crippen molar-refractivity contribution in [2.24, 2.45) is 0 Å². The minimum Gasteiger partial charge on any atom is -0.484 e. The number of anilines is 2. The smallest absolute Gasteiger partial charge is 0.289 e. The predicted molar refractivity (Wildman–Crippen MR) is 130 cm³/mol. The zero-order valence-corrected chi connectivity index (χ0v) is 18.8. The third kappa shape index (κ3) is 4.23. The van der Waals surface area contributed by atoms with Crippen molar-refractivity contribution in [3.63, 3.8) is 0 Å². The number of para-hydroxylation sites is 1. The van der Waals surface area contributed by atoms with Crippen LogP contribution in [-0.4, -0.2) is 12.5 Å². The Morgan fingerprint density at radius 1 is 1.09 bits per heavy atom. The van der Waals surface area contributed by atoms with Crippen LogP contribution in [-0.2, 0) is 4.79 Å². The topological polar surface area (TPSA) is 126 Å². The van der Waals surface area contributed by atoms with E-state index in [4.69, 9.17) is 10.5 Å². The molecule has 1 aromatic heterocycles. The summed E-state index contributed by atoms with van der Waals surface area (Å²) in [6, 6.07) is 20.9. The average molecular weight is 449 g/mol. The van der Waals surface area contributed by atoms with Gasteiger partial charge in [0.25, 0.3) is 11.7 Å². The van der Waals surface area contributed by atoms with Gasteiger partial charge in [-0.2, -0.15) is 10.5 Å². The van der Waals surface area contributed by atoms with Crippen LogP contribution in [0.2, 0.25) is 0 Å². The molecule has 0 unspecified atom stereocenters. The van der Waals surface area contributed by atoms with Crippen molar-refractivity contribution in [1.29, 1.82) is 10.5 Å². The Hall–Kier alpha value is -4.88. The number of benzene rings is 2. The van der Waals surface area contributed by atoms with Gasteiger partial charge < -0.3 is 10.1 Å². The van der Waals surface area contributed by atoms with Gasteiger partial charge >= 0.3 is 0 Å². The number of amides is 1. The summed E-state index contributed by atoms with van der Waals surface area (Å²) in [6.07, 6.45) is 1.96. The third-order valence-electron chi connectivity index (χ3n) is 5.67. The summed E-state index contributed by atoms with van der Waals surface area (Å²) in [4.78, 5) is 15.1. The monoisotopic (exact) mass is 448 g/mol. The van der Waals surface area contributed by atoms with Gasteiger partial charge in [0.05, 0.1) is 0 Å². The van der Waals surface area contributed by atoms with E-state index in [0.29, 0.717) is 28.3 Å². The van der Waals surface area contributed by atoms with Gasteiger partial charge in [0.15, 0.2) is 12.3 Å². The van der Waals surface area contributed by atoms with Crippen LogP contribution >= 0.6 is 0 Å². The summed E-state index contributed by atoms with van der Waals surface area (Å²) in [5.41, 5.74) is 12.3. The second kappa shape index (κ2) is 9.32. The standard InChI is InChI=1S/C27H21N5O2/c1-16-21(25-17(2)23(14-29)27(30)32-26(25)22(16)13-28)12-18-8-10-20(11-9-18)34-15-24(33)31-19-6-4-3-5-7-19/h3-12H,15H2,1-2H3,(H2,30,32)(H,31,33)/p+1. The molecule has 7 nitrogen and oxygen atoms in total. The van der Waals surface area contributed by atoms with E-state index in [2.05, 4.69) is 22.4 Å². The summed E-state index contributed by atoms with van der Waals surface area (Å²) in [5.74, 6) is 0.564. The molecule has 166 valence electrons. The SMILES string of the molecule is CC1=C(C#N)c2[nH+]c(N)c(C#N)c(C)c2C1=Cc1ccc(OCC(=O)Nc2ccccc2)cc1. The molecular weight excluding hydrogens is 426 g/mol. The lowest BCUT2D eigenvalue weighted by Crippen LogP contribution is -2.20. The molecule has 0 fully saturated rings. The largest absolute Gasteiger partial charge is 0.484 e. The number of allylic oxidation sites excluding steroid dienone is 3. The van der Waals surface area contributed by atoms with Crippen LogP contribution in [0, 0.1) is 29.6 Å². The van der Waals surface area contributed by atoms with Crippen LogP contribution in [0.25, 0.3) is 17.2 Å². The molecule has 0 radical (unpaired) electrons. The van der Waals surface area contributed by atoms with Gasteiger partial charge in [0.1, 0.15) is 29.0 Å². The second-order valence-electron chi connectivity index (χ2n) is 7.84. The number of pyridine rings is 1. The van der Waals surface area contributed by atoms with E-state index in [1.54, 1.807) is 12.1 Å². The molecule has 0 bridgehead atoms. The molecule has 34 heavy (non-hydrogen) atoms. The molecule has 0 spiro atoms. The van der Waals surface area contributed by atoms with Gasteiger partial charge in [0, 0.05) is 11.3 Å². The van der Waals surface area contributed by atoms with E-state index in [-0.39, 0.29) is 18.3 Å². The van der Waals surface area contributed by atoms with Crippen molar-refractivity contribution < 1.29 is 14.5 Å².